The zero-order valence-corrected chi connectivity index (χ0v) is 13.2. The lowest BCUT2D eigenvalue weighted by Crippen LogP contribution is -1.94. The quantitative estimate of drug-likeness (QED) is 0.494. The van der Waals surface area contributed by atoms with Gasteiger partial charge in [0.25, 0.3) is 0 Å². The second kappa shape index (κ2) is 5.16. The molecule has 0 nitrogen and oxygen atoms in total. The maximum Gasteiger partial charge on any atom is 0.0253 e. The summed E-state index contributed by atoms with van der Waals surface area (Å²) in [7, 11) is 0. The number of fused-ring (bicyclic) bond motifs is 2. The average Bonchev–Trinajstić information content (AvgIpc) is 2.54. The molecule has 0 atom stereocenters. The summed E-state index contributed by atoms with van der Waals surface area (Å²) in [5, 5.41) is 2.57. The van der Waals surface area contributed by atoms with E-state index in [0.29, 0.717) is 0 Å². The Kier molecular flexibility index (Phi) is 3.16. The zero-order valence-electron chi connectivity index (χ0n) is 11.6. The van der Waals surface area contributed by atoms with Gasteiger partial charge in [-0.15, -0.1) is 0 Å². The zero-order chi connectivity index (χ0) is 14.2. The van der Waals surface area contributed by atoms with E-state index in [0.717, 1.165) is 17.3 Å². The van der Waals surface area contributed by atoms with Crippen LogP contribution in [0.25, 0.3) is 28.0 Å². The standard InChI is InChI=1S/C20H15Br/c21-20-10-4-8-18-17(7-3-9-19(18)20)16-12-11-14-5-1-2-6-15(14)13-16/h1,3-5,7-13H,2,6H2. The van der Waals surface area contributed by atoms with Crippen LogP contribution in [0.3, 0.4) is 0 Å². The van der Waals surface area contributed by atoms with Crippen molar-refractivity contribution in [2.75, 3.05) is 0 Å². The predicted molar refractivity (Wildman–Crippen MR) is 94.4 cm³/mol. The van der Waals surface area contributed by atoms with E-state index >= 15 is 0 Å². The fourth-order valence-electron chi connectivity index (χ4n) is 3.12. The van der Waals surface area contributed by atoms with Gasteiger partial charge in [-0.25, -0.2) is 0 Å². The van der Waals surface area contributed by atoms with E-state index in [1.165, 1.54) is 33.0 Å². The summed E-state index contributed by atoms with van der Waals surface area (Å²) < 4.78 is 1.16. The van der Waals surface area contributed by atoms with Gasteiger partial charge in [0.15, 0.2) is 0 Å². The monoisotopic (exact) mass is 334 g/mol. The molecule has 0 fully saturated rings. The second-order valence-corrected chi connectivity index (χ2v) is 6.35. The molecular weight excluding hydrogens is 320 g/mol. The molecule has 0 saturated carbocycles. The van der Waals surface area contributed by atoms with Gasteiger partial charge < -0.3 is 0 Å². The van der Waals surface area contributed by atoms with Crippen LogP contribution in [0.1, 0.15) is 17.5 Å². The van der Waals surface area contributed by atoms with Crippen molar-refractivity contribution in [1.82, 2.24) is 0 Å². The molecule has 0 unspecified atom stereocenters. The third-order valence-electron chi connectivity index (χ3n) is 4.20. The van der Waals surface area contributed by atoms with Gasteiger partial charge in [0.2, 0.25) is 0 Å². The summed E-state index contributed by atoms with van der Waals surface area (Å²) in [6.45, 7) is 0. The lowest BCUT2D eigenvalue weighted by Gasteiger charge is -2.14. The third-order valence-corrected chi connectivity index (χ3v) is 4.89. The highest BCUT2D eigenvalue weighted by molar-refractivity contribution is 9.10. The molecular formula is C20H15Br. The first-order chi connectivity index (χ1) is 10.3. The Morgan fingerprint density at radius 1 is 0.857 bits per heavy atom. The summed E-state index contributed by atoms with van der Waals surface area (Å²) in [5.41, 5.74) is 5.45. The van der Waals surface area contributed by atoms with Crippen molar-refractivity contribution < 1.29 is 0 Å². The molecule has 4 rings (SSSR count). The summed E-state index contributed by atoms with van der Waals surface area (Å²) in [6.07, 6.45) is 6.80. The van der Waals surface area contributed by atoms with Crippen LogP contribution in [0.5, 0.6) is 0 Å². The third kappa shape index (κ3) is 2.22. The number of halogens is 1. The van der Waals surface area contributed by atoms with E-state index in [1.54, 1.807) is 0 Å². The molecule has 0 heterocycles. The van der Waals surface area contributed by atoms with Crippen molar-refractivity contribution >= 4 is 32.8 Å². The maximum absolute atomic E-state index is 3.65. The molecule has 1 aliphatic carbocycles. The van der Waals surface area contributed by atoms with Gasteiger partial charge in [-0.3, -0.25) is 0 Å². The maximum atomic E-state index is 3.65. The van der Waals surface area contributed by atoms with Gasteiger partial charge in [-0.1, -0.05) is 76.6 Å². The highest BCUT2D eigenvalue weighted by atomic mass is 79.9. The minimum absolute atomic E-state index is 1.15. The summed E-state index contributed by atoms with van der Waals surface area (Å²) in [4.78, 5) is 0. The number of benzene rings is 3. The molecule has 1 heteroatoms. The molecule has 1 aliphatic rings. The number of rotatable bonds is 1. The second-order valence-electron chi connectivity index (χ2n) is 5.50. The van der Waals surface area contributed by atoms with E-state index in [1.807, 2.05) is 0 Å². The Hall–Kier alpha value is -1.86. The van der Waals surface area contributed by atoms with Crippen molar-refractivity contribution in [1.29, 1.82) is 0 Å². The van der Waals surface area contributed by atoms with Crippen LogP contribution >= 0.6 is 15.9 Å². The molecule has 3 aromatic carbocycles. The Balaban J connectivity index is 1.95. The van der Waals surface area contributed by atoms with Crippen molar-refractivity contribution in [3.8, 4) is 11.1 Å². The first-order valence-electron chi connectivity index (χ1n) is 7.30. The highest BCUT2D eigenvalue weighted by Crippen LogP contribution is 2.34. The summed E-state index contributed by atoms with van der Waals surface area (Å²) in [5.74, 6) is 0. The lowest BCUT2D eigenvalue weighted by molar-refractivity contribution is 0.986. The molecule has 0 N–H and O–H groups in total. The molecule has 0 bridgehead atoms. The molecule has 3 aromatic rings. The van der Waals surface area contributed by atoms with Crippen LogP contribution in [-0.4, -0.2) is 0 Å². The molecule has 0 aromatic heterocycles. The molecule has 0 spiro atoms. The van der Waals surface area contributed by atoms with Crippen molar-refractivity contribution in [2.24, 2.45) is 0 Å². The Bertz CT molecular complexity index is 859. The summed E-state index contributed by atoms with van der Waals surface area (Å²) in [6, 6.07) is 19.8. The fourth-order valence-corrected chi connectivity index (χ4v) is 3.62. The van der Waals surface area contributed by atoms with Crippen molar-refractivity contribution in [3.63, 3.8) is 0 Å². The normalized spacial score (nSPS) is 13.4. The topological polar surface area (TPSA) is 0 Å². The number of aryl methyl sites for hydroxylation is 1. The van der Waals surface area contributed by atoms with Gasteiger partial charge in [-0.05, 0) is 51.9 Å². The van der Waals surface area contributed by atoms with E-state index in [-0.39, 0.29) is 0 Å². The minimum Gasteiger partial charge on any atom is -0.0836 e. The molecule has 0 radical (unpaired) electrons. The van der Waals surface area contributed by atoms with Crippen LogP contribution in [0.2, 0.25) is 0 Å². The number of allylic oxidation sites excluding steroid dienone is 1. The van der Waals surface area contributed by atoms with Crippen molar-refractivity contribution in [3.05, 3.63) is 76.3 Å². The van der Waals surface area contributed by atoms with Crippen LogP contribution in [0.4, 0.5) is 0 Å². The fraction of sp³-hybridized carbons (Fsp3) is 0.100. The van der Waals surface area contributed by atoms with E-state index in [9.17, 15) is 0 Å². The van der Waals surface area contributed by atoms with Gasteiger partial charge in [0.1, 0.15) is 0 Å². The molecule has 0 aliphatic heterocycles. The molecule has 21 heavy (non-hydrogen) atoms. The Morgan fingerprint density at radius 2 is 1.71 bits per heavy atom. The van der Waals surface area contributed by atoms with Crippen LogP contribution in [0.15, 0.2) is 65.1 Å². The Morgan fingerprint density at radius 3 is 2.67 bits per heavy atom. The average molecular weight is 335 g/mol. The van der Waals surface area contributed by atoms with Crippen LogP contribution in [-0.2, 0) is 6.42 Å². The first kappa shape index (κ1) is 12.8. The van der Waals surface area contributed by atoms with Gasteiger partial charge in [0, 0.05) is 4.47 Å². The van der Waals surface area contributed by atoms with E-state index < -0.39 is 0 Å². The molecule has 102 valence electrons. The largest absolute Gasteiger partial charge is 0.0836 e. The molecule has 0 saturated heterocycles. The minimum atomic E-state index is 1.15. The van der Waals surface area contributed by atoms with Gasteiger partial charge >= 0.3 is 0 Å². The lowest BCUT2D eigenvalue weighted by atomic mass is 9.91. The van der Waals surface area contributed by atoms with E-state index in [4.69, 9.17) is 0 Å². The number of hydrogen-bond donors (Lipinski definition) is 0. The predicted octanol–water partition coefficient (Wildman–Crippen LogP) is 6.23. The van der Waals surface area contributed by atoms with Gasteiger partial charge in [-0.2, -0.15) is 0 Å². The molecule has 0 amide bonds. The van der Waals surface area contributed by atoms with Gasteiger partial charge in [0.05, 0.1) is 0 Å². The first-order valence-corrected chi connectivity index (χ1v) is 8.09. The smallest absolute Gasteiger partial charge is 0.0253 e. The SMILES string of the molecule is Brc1cccc2c(-c3ccc4c(c3)CCC=C4)cccc12. The van der Waals surface area contributed by atoms with E-state index in [2.05, 4.69) is 82.7 Å². The number of hydrogen-bond acceptors (Lipinski definition) is 0. The van der Waals surface area contributed by atoms with Crippen LogP contribution in [0, 0.1) is 0 Å². The highest BCUT2D eigenvalue weighted by Gasteiger charge is 2.09. The van der Waals surface area contributed by atoms with Crippen molar-refractivity contribution in [2.45, 2.75) is 12.8 Å². The van der Waals surface area contributed by atoms with Crippen LogP contribution < -0.4 is 0 Å². The Labute approximate surface area is 133 Å². The summed E-state index contributed by atoms with van der Waals surface area (Å²) >= 11 is 3.65.